The average molecular weight is 303 g/mol. The highest BCUT2D eigenvalue weighted by atomic mass is 35.5. The van der Waals surface area contributed by atoms with Gasteiger partial charge in [-0.05, 0) is 25.0 Å². The molecule has 19 heavy (non-hydrogen) atoms. The molecule has 0 spiro atoms. The van der Waals surface area contributed by atoms with Crippen LogP contribution in [0.2, 0.25) is 10.0 Å². The molecule has 0 saturated heterocycles. The van der Waals surface area contributed by atoms with E-state index in [0.29, 0.717) is 28.0 Å². The lowest BCUT2D eigenvalue weighted by molar-refractivity contribution is 0.0944. The predicted molar refractivity (Wildman–Crippen MR) is 82.0 cm³/mol. The van der Waals surface area contributed by atoms with E-state index in [4.69, 9.17) is 28.9 Å². The van der Waals surface area contributed by atoms with Gasteiger partial charge in [-0.25, -0.2) is 0 Å². The number of anilines is 2. The van der Waals surface area contributed by atoms with Crippen LogP contribution in [-0.2, 0) is 0 Å². The molecule has 3 nitrogen and oxygen atoms in total. The summed E-state index contributed by atoms with van der Waals surface area (Å²) in [5.74, 6) is 0. The molecule has 1 fully saturated rings. The van der Waals surface area contributed by atoms with Crippen molar-refractivity contribution in [1.82, 2.24) is 0 Å². The first kappa shape index (κ1) is 14.8. The third-order valence-electron chi connectivity index (χ3n) is 3.95. The zero-order chi connectivity index (χ0) is 13.9. The zero-order valence-electron chi connectivity index (χ0n) is 10.9. The second-order valence-corrected chi connectivity index (χ2v) is 6.25. The molecule has 1 aromatic carbocycles. The number of nitrogens with one attached hydrogen (secondary N) is 1. The van der Waals surface area contributed by atoms with Crippen LogP contribution in [-0.4, -0.2) is 18.3 Å². The van der Waals surface area contributed by atoms with Crippen molar-refractivity contribution in [2.24, 2.45) is 5.41 Å². The molecule has 0 heterocycles. The summed E-state index contributed by atoms with van der Waals surface area (Å²) in [4.78, 5) is 0. The van der Waals surface area contributed by atoms with Gasteiger partial charge in [0.2, 0.25) is 0 Å². The lowest BCUT2D eigenvalue weighted by Crippen LogP contribution is -2.35. The number of hydrogen-bond donors (Lipinski definition) is 3. The number of halogens is 2. The molecule has 0 aromatic heterocycles. The van der Waals surface area contributed by atoms with Crippen LogP contribution in [0.5, 0.6) is 0 Å². The summed E-state index contributed by atoms with van der Waals surface area (Å²) >= 11 is 12.3. The molecule has 0 bridgehead atoms. The largest absolute Gasteiger partial charge is 0.399 e. The molecule has 106 valence electrons. The van der Waals surface area contributed by atoms with Gasteiger partial charge in [0, 0.05) is 17.6 Å². The lowest BCUT2D eigenvalue weighted by Gasteiger charge is -2.36. The van der Waals surface area contributed by atoms with E-state index in [2.05, 4.69) is 5.32 Å². The molecule has 4 N–H and O–H groups in total. The minimum Gasteiger partial charge on any atom is -0.399 e. The molecule has 0 amide bonds. The van der Waals surface area contributed by atoms with E-state index >= 15 is 0 Å². The van der Waals surface area contributed by atoms with Gasteiger partial charge in [-0.1, -0.05) is 42.5 Å². The zero-order valence-corrected chi connectivity index (χ0v) is 12.4. The Bertz CT molecular complexity index is 422. The highest BCUT2D eigenvalue weighted by molar-refractivity contribution is 6.39. The Kier molecular flexibility index (Phi) is 4.82. The highest BCUT2D eigenvalue weighted by Crippen LogP contribution is 2.38. The first-order valence-electron chi connectivity index (χ1n) is 6.66. The molecule has 2 rings (SSSR count). The third-order valence-corrected chi connectivity index (χ3v) is 4.55. The Hall–Kier alpha value is -0.640. The van der Waals surface area contributed by atoms with E-state index in [1.54, 1.807) is 12.1 Å². The maximum atomic E-state index is 9.68. The van der Waals surface area contributed by atoms with Gasteiger partial charge in [-0.2, -0.15) is 0 Å². The summed E-state index contributed by atoms with van der Waals surface area (Å²) in [7, 11) is 0. The fourth-order valence-electron chi connectivity index (χ4n) is 2.73. The number of nitrogens with two attached hydrogens (primary N) is 1. The maximum Gasteiger partial charge on any atom is 0.0720 e. The van der Waals surface area contributed by atoms with E-state index in [1.165, 1.54) is 19.3 Å². The molecule has 1 aliphatic carbocycles. The Morgan fingerprint density at radius 3 is 2.26 bits per heavy atom. The van der Waals surface area contributed by atoms with Crippen molar-refractivity contribution in [1.29, 1.82) is 0 Å². The van der Waals surface area contributed by atoms with Crippen LogP contribution >= 0.6 is 23.2 Å². The molecular formula is C14H20Cl2N2O. The van der Waals surface area contributed by atoms with E-state index in [-0.39, 0.29) is 12.0 Å². The second-order valence-electron chi connectivity index (χ2n) is 5.43. The Balaban J connectivity index is 2.09. The van der Waals surface area contributed by atoms with Gasteiger partial charge < -0.3 is 16.2 Å². The van der Waals surface area contributed by atoms with Crippen molar-refractivity contribution in [3.05, 3.63) is 22.2 Å². The van der Waals surface area contributed by atoms with Crippen molar-refractivity contribution in [2.75, 3.05) is 24.2 Å². The van der Waals surface area contributed by atoms with Crippen molar-refractivity contribution < 1.29 is 5.11 Å². The molecule has 5 heteroatoms. The van der Waals surface area contributed by atoms with E-state index in [9.17, 15) is 5.11 Å². The Morgan fingerprint density at radius 1 is 1.16 bits per heavy atom. The van der Waals surface area contributed by atoms with Gasteiger partial charge in [0.1, 0.15) is 0 Å². The van der Waals surface area contributed by atoms with Gasteiger partial charge in [-0.15, -0.1) is 0 Å². The molecule has 1 aromatic rings. The Labute approximate surface area is 124 Å². The number of hydrogen-bond acceptors (Lipinski definition) is 3. The summed E-state index contributed by atoms with van der Waals surface area (Å²) in [5, 5.41) is 14.0. The van der Waals surface area contributed by atoms with Crippen molar-refractivity contribution in [3.8, 4) is 0 Å². The van der Waals surface area contributed by atoms with Crippen molar-refractivity contribution >= 4 is 34.6 Å². The van der Waals surface area contributed by atoms with Gasteiger partial charge in [-0.3, -0.25) is 0 Å². The SMILES string of the molecule is Nc1cc(Cl)c(NCC2(CO)CCCCC2)c(Cl)c1. The first-order chi connectivity index (χ1) is 9.06. The van der Waals surface area contributed by atoms with E-state index in [1.807, 2.05) is 0 Å². The summed E-state index contributed by atoms with van der Waals surface area (Å²) in [6.45, 7) is 0.886. The van der Waals surface area contributed by atoms with Crippen molar-refractivity contribution in [3.63, 3.8) is 0 Å². The van der Waals surface area contributed by atoms with Crippen LogP contribution < -0.4 is 11.1 Å². The molecular weight excluding hydrogens is 283 g/mol. The highest BCUT2D eigenvalue weighted by Gasteiger charge is 2.31. The van der Waals surface area contributed by atoms with Gasteiger partial charge >= 0.3 is 0 Å². The number of nitrogen functional groups attached to an aromatic ring is 1. The van der Waals surface area contributed by atoms with E-state index < -0.39 is 0 Å². The summed E-state index contributed by atoms with van der Waals surface area (Å²) in [6.07, 6.45) is 5.68. The monoisotopic (exact) mass is 302 g/mol. The second kappa shape index (κ2) is 6.21. The molecule has 0 aliphatic heterocycles. The number of rotatable bonds is 4. The molecule has 0 unspecified atom stereocenters. The Morgan fingerprint density at radius 2 is 1.74 bits per heavy atom. The van der Waals surface area contributed by atoms with Crippen LogP contribution in [0.25, 0.3) is 0 Å². The van der Waals surface area contributed by atoms with Gasteiger partial charge in [0.25, 0.3) is 0 Å². The van der Waals surface area contributed by atoms with Crippen LogP contribution in [0, 0.1) is 5.41 Å². The number of aliphatic hydroxyl groups excluding tert-OH is 1. The summed E-state index contributed by atoms with van der Waals surface area (Å²) < 4.78 is 0. The van der Waals surface area contributed by atoms with Crippen LogP contribution in [0.15, 0.2) is 12.1 Å². The lowest BCUT2D eigenvalue weighted by atomic mass is 9.74. The number of benzene rings is 1. The average Bonchev–Trinajstić information content (AvgIpc) is 2.38. The van der Waals surface area contributed by atoms with Gasteiger partial charge in [0.05, 0.1) is 22.3 Å². The molecule has 1 saturated carbocycles. The summed E-state index contributed by atoms with van der Waals surface area (Å²) in [5.41, 5.74) is 6.89. The summed E-state index contributed by atoms with van der Waals surface area (Å²) in [6, 6.07) is 3.37. The number of aliphatic hydroxyl groups is 1. The van der Waals surface area contributed by atoms with Crippen LogP contribution in [0.4, 0.5) is 11.4 Å². The molecule has 0 atom stereocenters. The maximum absolute atomic E-state index is 9.68. The van der Waals surface area contributed by atoms with E-state index in [0.717, 1.165) is 12.8 Å². The predicted octanol–water partition coefficient (Wildman–Crippen LogP) is 3.93. The minimum atomic E-state index is -0.0493. The fraction of sp³-hybridized carbons (Fsp3) is 0.571. The van der Waals surface area contributed by atoms with Crippen LogP contribution in [0.1, 0.15) is 32.1 Å². The standard InChI is InChI=1S/C14H20Cl2N2O/c15-11-6-10(17)7-12(16)13(11)18-8-14(9-19)4-2-1-3-5-14/h6-7,18-19H,1-5,8-9,17H2. The minimum absolute atomic E-state index is 0.0493. The van der Waals surface area contributed by atoms with Crippen LogP contribution in [0.3, 0.4) is 0 Å². The molecule has 1 aliphatic rings. The topological polar surface area (TPSA) is 58.3 Å². The quantitative estimate of drug-likeness (QED) is 0.739. The van der Waals surface area contributed by atoms with Gasteiger partial charge in [0.15, 0.2) is 0 Å². The normalized spacial score (nSPS) is 18.3. The van der Waals surface area contributed by atoms with Crippen molar-refractivity contribution in [2.45, 2.75) is 32.1 Å². The third kappa shape index (κ3) is 3.47. The first-order valence-corrected chi connectivity index (χ1v) is 7.41. The fourth-order valence-corrected chi connectivity index (χ4v) is 3.37. The molecule has 0 radical (unpaired) electrons. The smallest absolute Gasteiger partial charge is 0.0720 e.